The average molecular weight is 684 g/mol. The van der Waals surface area contributed by atoms with Crippen LogP contribution < -0.4 is 4.74 Å². The molecule has 1 saturated carbocycles. The molecule has 1 aromatic heterocycles. The van der Waals surface area contributed by atoms with Gasteiger partial charge >= 0.3 is 12.1 Å². The molecule has 3 aromatic rings. The summed E-state index contributed by atoms with van der Waals surface area (Å²) in [5.41, 5.74) is -0.764. The number of hydrogen-bond donors (Lipinski definition) is 1. The SMILES string of the molecule is CC(C)n1c(O[C@@H]2C[C@H]3C(=O)C[C@]4(C(=O)O)C[C@H]4/C=C\CCCCC[C@H](Cc4cc(F)cc(C(F)(F)F)c4)C(=O)N3C2)nc2ccccc21. The molecule has 1 amide bonds. The van der Waals surface area contributed by atoms with Crippen molar-refractivity contribution in [2.75, 3.05) is 6.54 Å². The molecule has 3 heterocycles. The number of benzene rings is 2. The van der Waals surface area contributed by atoms with Gasteiger partial charge in [0.15, 0.2) is 5.78 Å². The first kappa shape index (κ1) is 34.6. The van der Waals surface area contributed by atoms with Crippen molar-refractivity contribution >= 4 is 28.7 Å². The van der Waals surface area contributed by atoms with Crippen LogP contribution in [0, 0.1) is 23.1 Å². The van der Waals surface area contributed by atoms with E-state index < -0.39 is 58.7 Å². The number of nitrogens with zero attached hydrogens (tertiary/aromatic N) is 3. The number of rotatable bonds is 6. The molecule has 2 aromatic carbocycles. The Labute approximate surface area is 282 Å². The van der Waals surface area contributed by atoms with E-state index in [2.05, 4.69) is 4.98 Å². The Bertz CT molecular complexity index is 1770. The highest BCUT2D eigenvalue weighted by molar-refractivity contribution is 5.95. The van der Waals surface area contributed by atoms with E-state index in [-0.39, 0.29) is 43.3 Å². The Hall–Kier alpha value is -4.22. The number of aliphatic carboxylic acids is 1. The van der Waals surface area contributed by atoms with Crippen LogP contribution in [0.15, 0.2) is 54.6 Å². The lowest BCUT2D eigenvalue weighted by Crippen LogP contribution is -2.45. The van der Waals surface area contributed by atoms with Crippen LogP contribution in [0.2, 0.25) is 0 Å². The summed E-state index contributed by atoms with van der Waals surface area (Å²) in [5.74, 6) is -4.06. The Kier molecular flexibility index (Phi) is 9.61. The van der Waals surface area contributed by atoms with Crippen LogP contribution in [0.4, 0.5) is 17.6 Å². The van der Waals surface area contributed by atoms with Gasteiger partial charge in [-0.15, -0.1) is 0 Å². The lowest BCUT2D eigenvalue weighted by molar-refractivity contribution is -0.147. The van der Waals surface area contributed by atoms with Crippen molar-refractivity contribution in [1.29, 1.82) is 0 Å². The predicted octanol–water partition coefficient (Wildman–Crippen LogP) is 7.55. The molecule has 2 fully saturated rings. The van der Waals surface area contributed by atoms with Gasteiger partial charge in [0.1, 0.15) is 11.9 Å². The average Bonchev–Trinajstić information content (AvgIpc) is 3.37. The van der Waals surface area contributed by atoms with E-state index in [1.807, 2.05) is 54.8 Å². The number of amides is 1. The summed E-state index contributed by atoms with van der Waals surface area (Å²) in [6.07, 6.45) is 1.57. The maximum Gasteiger partial charge on any atom is 0.416 e. The van der Waals surface area contributed by atoms with Crippen molar-refractivity contribution in [3.05, 3.63) is 71.6 Å². The number of carboxylic acid groups (broad SMARTS) is 1. The van der Waals surface area contributed by atoms with Crippen LogP contribution in [0.5, 0.6) is 6.01 Å². The molecule has 0 spiro atoms. The second-order valence-electron chi connectivity index (χ2n) is 14.1. The van der Waals surface area contributed by atoms with Gasteiger partial charge in [-0.1, -0.05) is 37.1 Å². The van der Waals surface area contributed by atoms with Gasteiger partial charge in [0.25, 0.3) is 6.01 Å². The molecule has 1 N–H and O–H groups in total. The van der Waals surface area contributed by atoms with Crippen molar-refractivity contribution in [1.82, 2.24) is 14.5 Å². The molecule has 1 saturated heterocycles. The Balaban J connectivity index is 1.34. The van der Waals surface area contributed by atoms with Gasteiger partial charge < -0.3 is 14.7 Å². The molecule has 49 heavy (non-hydrogen) atoms. The van der Waals surface area contributed by atoms with Crippen LogP contribution in [0.3, 0.4) is 0 Å². The maximum atomic E-state index is 14.5. The number of hydrogen-bond acceptors (Lipinski definition) is 5. The second-order valence-corrected chi connectivity index (χ2v) is 14.1. The number of para-hydroxylation sites is 2. The van der Waals surface area contributed by atoms with E-state index in [1.54, 1.807) is 0 Å². The third-order valence-corrected chi connectivity index (χ3v) is 10.2. The number of carbonyl (C=O) groups excluding carboxylic acids is 2. The lowest BCUT2D eigenvalue weighted by Gasteiger charge is -2.29. The summed E-state index contributed by atoms with van der Waals surface area (Å²) in [6.45, 7) is 3.98. The van der Waals surface area contributed by atoms with Gasteiger partial charge in [0.05, 0.1) is 34.6 Å². The lowest BCUT2D eigenvalue weighted by atomic mass is 9.90. The molecule has 0 unspecified atom stereocenters. The molecule has 8 nitrogen and oxygen atoms in total. The molecule has 3 aliphatic rings. The topological polar surface area (TPSA) is 102 Å². The van der Waals surface area contributed by atoms with E-state index in [0.29, 0.717) is 37.8 Å². The number of halogens is 4. The number of carboxylic acids is 1. The number of fused-ring (bicyclic) bond motifs is 3. The molecule has 12 heteroatoms. The zero-order valence-electron chi connectivity index (χ0n) is 27.6. The standard InChI is InChI=1S/C37H41F4N3O5/c1-22(2)44-30-13-9-8-12-29(30)42-35(44)49-28-18-31-32(45)20-36(34(47)48)19-25(36)11-7-5-3-4-6-10-24(33(46)43(31)21-28)14-23-15-26(37(39,40)41)17-27(38)16-23/h7-9,11-13,15-17,22,24-25,28,31H,3-6,10,14,18-21H2,1-2H3,(H,47,48)/b11-7-/t24-,25-,28-,31+,36-/m1/s1. The van der Waals surface area contributed by atoms with Crippen LogP contribution in [-0.4, -0.2) is 55.9 Å². The molecule has 0 bridgehead atoms. The number of allylic oxidation sites excluding steroid dienone is 2. The van der Waals surface area contributed by atoms with Gasteiger partial charge in [-0.05, 0) is 87.8 Å². The monoisotopic (exact) mass is 683 g/mol. The minimum absolute atomic E-state index is 0.00734. The van der Waals surface area contributed by atoms with E-state index in [4.69, 9.17) is 4.74 Å². The van der Waals surface area contributed by atoms with Crippen LogP contribution in [-0.2, 0) is 27.0 Å². The summed E-state index contributed by atoms with van der Waals surface area (Å²) in [6, 6.07) is 9.17. The third-order valence-electron chi connectivity index (χ3n) is 10.2. The van der Waals surface area contributed by atoms with Crippen molar-refractivity contribution in [3.8, 4) is 6.01 Å². The highest BCUT2D eigenvalue weighted by atomic mass is 19.4. The van der Waals surface area contributed by atoms with Gasteiger partial charge in [-0.3, -0.25) is 19.0 Å². The fraction of sp³-hybridized carbons (Fsp3) is 0.514. The minimum atomic E-state index is -4.76. The predicted molar refractivity (Wildman–Crippen MR) is 173 cm³/mol. The number of aromatic nitrogens is 2. The Morgan fingerprint density at radius 2 is 1.90 bits per heavy atom. The minimum Gasteiger partial charge on any atom is -0.481 e. The van der Waals surface area contributed by atoms with Gasteiger partial charge in [0, 0.05) is 24.8 Å². The first-order chi connectivity index (χ1) is 23.3. The highest BCUT2D eigenvalue weighted by Crippen LogP contribution is 2.57. The summed E-state index contributed by atoms with van der Waals surface area (Å²) in [5, 5.41) is 10.2. The van der Waals surface area contributed by atoms with Crippen molar-refractivity contribution in [2.24, 2.45) is 17.3 Å². The Morgan fingerprint density at radius 1 is 1.12 bits per heavy atom. The van der Waals surface area contributed by atoms with E-state index in [1.165, 1.54) is 4.90 Å². The maximum absolute atomic E-state index is 14.5. The highest BCUT2D eigenvalue weighted by Gasteiger charge is 2.61. The number of alkyl halides is 3. The first-order valence-electron chi connectivity index (χ1n) is 17.0. The number of imidazole rings is 1. The zero-order valence-corrected chi connectivity index (χ0v) is 27.6. The van der Waals surface area contributed by atoms with Gasteiger partial charge in [-0.2, -0.15) is 18.2 Å². The molecule has 5 atom stereocenters. The summed E-state index contributed by atoms with van der Waals surface area (Å²) >= 11 is 0. The zero-order chi connectivity index (χ0) is 35.1. The van der Waals surface area contributed by atoms with Crippen LogP contribution >= 0.6 is 0 Å². The molecule has 1 aliphatic carbocycles. The van der Waals surface area contributed by atoms with Crippen molar-refractivity contribution < 1.29 is 41.8 Å². The molecule has 0 radical (unpaired) electrons. The number of carbonyl (C=O) groups is 3. The number of Topliss-reactive ketones (excluding diaryl/α,β-unsaturated/α-hetero) is 1. The first-order valence-corrected chi connectivity index (χ1v) is 17.0. The summed E-state index contributed by atoms with van der Waals surface area (Å²) in [7, 11) is 0. The molecule has 6 rings (SSSR count). The largest absolute Gasteiger partial charge is 0.481 e. The molecule has 2 aliphatic heterocycles. The fourth-order valence-electron chi connectivity index (χ4n) is 7.58. The second kappa shape index (κ2) is 13.6. The van der Waals surface area contributed by atoms with E-state index in [0.717, 1.165) is 36.0 Å². The number of ether oxygens (including phenoxy) is 1. The third kappa shape index (κ3) is 7.23. The summed E-state index contributed by atoms with van der Waals surface area (Å²) in [4.78, 5) is 47.1. The number of ketones is 1. The van der Waals surface area contributed by atoms with Crippen molar-refractivity contribution in [2.45, 2.75) is 96.0 Å². The molecular weight excluding hydrogens is 642 g/mol. The van der Waals surface area contributed by atoms with Crippen LogP contribution in [0.1, 0.15) is 82.4 Å². The van der Waals surface area contributed by atoms with E-state index in [9.17, 15) is 37.1 Å². The smallest absolute Gasteiger partial charge is 0.416 e. The van der Waals surface area contributed by atoms with E-state index >= 15 is 0 Å². The van der Waals surface area contributed by atoms with Gasteiger partial charge in [0.2, 0.25) is 5.91 Å². The van der Waals surface area contributed by atoms with Crippen LogP contribution in [0.25, 0.3) is 11.0 Å². The normalized spacial score (nSPS) is 27.4. The van der Waals surface area contributed by atoms with Crippen molar-refractivity contribution in [3.63, 3.8) is 0 Å². The molecule has 262 valence electrons. The molecular formula is C37H41F4N3O5. The van der Waals surface area contributed by atoms with Gasteiger partial charge in [-0.25, -0.2) is 4.39 Å². The summed E-state index contributed by atoms with van der Waals surface area (Å²) < 4.78 is 63.5. The fourth-order valence-corrected chi connectivity index (χ4v) is 7.58. The quantitative estimate of drug-likeness (QED) is 0.213. The Morgan fingerprint density at radius 3 is 2.63 bits per heavy atom.